The SMILES string of the molecule is CC(=O)NCCNCc1nn(C)c2ccccc12. The van der Waals surface area contributed by atoms with Gasteiger partial charge in [-0.2, -0.15) is 5.10 Å². The Morgan fingerprint density at radius 1 is 1.33 bits per heavy atom. The Kier molecular flexibility index (Phi) is 3.94. The number of carbonyl (C=O) groups is 1. The predicted molar refractivity (Wildman–Crippen MR) is 71.1 cm³/mol. The molecule has 0 aliphatic carbocycles. The number of nitrogens with one attached hydrogen (secondary N) is 2. The molecule has 2 N–H and O–H groups in total. The summed E-state index contributed by atoms with van der Waals surface area (Å²) in [5.74, 6) is 0.0000795. The van der Waals surface area contributed by atoms with E-state index in [9.17, 15) is 4.79 Å². The van der Waals surface area contributed by atoms with Gasteiger partial charge in [-0.05, 0) is 6.07 Å². The summed E-state index contributed by atoms with van der Waals surface area (Å²) in [5.41, 5.74) is 2.17. The van der Waals surface area contributed by atoms with E-state index >= 15 is 0 Å². The zero-order valence-corrected chi connectivity index (χ0v) is 10.7. The van der Waals surface area contributed by atoms with E-state index in [-0.39, 0.29) is 5.91 Å². The quantitative estimate of drug-likeness (QED) is 0.767. The van der Waals surface area contributed by atoms with Crippen LogP contribution in [-0.2, 0) is 18.4 Å². The summed E-state index contributed by atoms with van der Waals surface area (Å²) in [5, 5.41) is 11.7. The van der Waals surface area contributed by atoms with Crippen LogP contribution in [0, 0.1) is 0 Å². The molecule has 1 heterocycles. The van der Waals surface area contributed by atoms with Crippen molar-refractivity contribution in [3.05, 3.63) is 30.0 Å². The molecule has 0 atom stereocenters. The van der Waals surface area contributed by atoms with E-state index < -0.39 is 0 Å². The minimum Gasteiger partial charge on any atom is -0.355 e. The number of fused-ring (bicyclic) bond motifs is 1. The van der Waals surface area contributed by atoms with Gasteiger partial charge in [0.05, 0.1) is 11.2 Å². The topological polar surface area (TPSA) is 59.0 Å². The lowest BCUT2D eigenvalue weighted by molar-refractivity contribution is -0.118. The highest BCUT2D eigenvalue weighted by Crippen LogP contribution is 2.16. The van der Waals surface area contributed by atoms with Gasteiger partial charge in [-0.3, -0.25) is 9.48 Å². The van der Waals surface area contributed by atoms with Gasteiger partial charge in [0.1, 0.15) is 0 Å². The molecule has 0 saturated heterocycles. The molecule has 5 heteroatoms. The molecule has 0 saturated carbocycles. The van der Waals surface area contributed by atoms with E-state index in [1.165, 1.54) is 12.3 Å². The minimum atomic E-state index is 0.0000795. The summed E-state index contributed by atoms with van der Waals surface area (Å²) in [7, 11) is 1.95. The Morgan fingerprint density at radius 3 is 2.89 bits per heavy atom. The number of benzene rings is 1. The number of carbonyl (C=O) groups excluding carboxylic acids is 1. The van der Waals surface area contributed by atoms with Crippen LogP contribution in [0.5, 0.6) is 0 Å². The van der Waals surface area contributed by atoms with E-state index in [2.05, 4.69) is 27.9 Å². The number of aromatic nitrogens is 2. The van der Waals surface area contributed by atoms with E-state index in [1.54, 1.807) is 0 Å². The molecule has 0 fully saturated rings. The second-order valence-corrected chi connectivity index (χ2v) is 4.25. The smallest absolute Gasteiger partial charge is 0.216 e. The molecule has 18 heavy (non-hydrogen) atoms. The highest BCUT2D eigenvalue weighted by molar-refractivity contribution is 5.81. The summed E-state index contributed by atoms with van der Waals surface area (Å²) in [6.45, 7) is 3.61. The zero-order chi connectivity index (χ0) is 13.0. The number of rotatable bonds is 5. The van der Waals surface area contributed by atoms with Gasteiger partial charge in [0.2, 0.25) is 5.91 Å². The van der Waals surface area contributed by atoms with Crippen LogP contribution in [-0.4, -0.2) is 28.8 Å². The molecule has 1 aromatic carbocycles. The molecule has 2 rings (SSSR count). The number of hydrogen-bond donors (Lipinski definition) is 2. The highest BCUT2D eigenvalue weighted by Gasteiger charge is 2.06. The van der Waals surface area contributed by atoms with Crippen LogP contribution < -0.4 is 10.6 Å². The Morgan fingerprint density at radius 2 is 2.11 bits per heavy atom. The lowest BCUT2D eigenvalue weighted by Crippen LogP contribution is -2.30. The third-order valence-corrected chi connectivity index (χ3v) is 2.80. The van der Waals surface area contributed by atoms with Crippen molar-refractivity contribution in [2.45, 2.75) is 13.5 Å². The van der Waals surface area contributed by atoms with E-state index in [4.69, 9.17) is 0 Å². The van der Waals surface area contributed by atoms with E-state index in [0.29, 0.717) is 13.1 Å². The summed E-state index contributed by atoms with van der Waals surface area (Å²) >= 11 is 0. The van der Waals surface area contributed by atoms with Gasteiger partial charge in [-0.25, -0.2) is 0 Å². The number of nitrogens with zero attached hydrogens (tertiary/aromatic N) is 2. The summed E-state index contributed by atoms with van der Waals surface area (Å²) < 4.78 is 1.89. The van der Waals surface area contributed by atoms with Crippen LogP contribution >= 0.6 is 0 Å². The van der Waals surface area contributed by atoms with Crippen LogP contribution in [0.25, 0.3) is 10.9 Å². The lowest BCUT2D eigenvalue weighted by Gasteiger charge is -2.03. The van der Waals surface area contributed by atoms with Gasteiger partial charge in [0, 0.05) is 39.0 Å². The second kappa shape index (κ2) is 5.64. The Labute approximate surface area is 106 Å². The molecular formula is C13H18N4O. The van der Waals surface area contributed by atoms with Crippen molar-refractivity contribution in [2.24, 2.45) is 7.05 Å². The van der Waals surface area contributed by atoms with Gasteiger partial charge in [-0.1, -0.05) is 18.2 Å². The summed E-state index contributed by atoms with van der Waals surface area (Å²) in [6, 6.07) is 8.17. The predicted octanol–water partition coefficient (Wildman–Crippen LogP) is 0.799. The fourth-order valence-corrected chi connectivity index (χ4v) is 1.95. The second-order valence-electron chi connectivity index (χ2n) is 4.25. The molecule has 0 aliphatic rings. The first-order chi connectivity index (χ1) is 8.68. The molecule has 96 valence electrons. The maximum atomic E-state index is 10.7. The van der Waals surface area contributed by atoms with Crippen LogP contribution in [0.1, 0.15) is 12.6 Å². The first-order valence-electron chi connectivity index (χ1n) is 6.04. The monoisotopic (exact) mass is 246 g/mol. The van der Waals surface area contributed by atoms with Crippen LogP contribution in [0.4, 0.5) is 0 Å². The third kappa shape index (κ3) is 2.87. The normalized spacial score (nSPS) is 10.8. The molecule has 0 radical (unpaired) electrons. The Balaban J connectivity index is 1.94. The van der Waals surface area contributed by atoms with Gasteiger partial charge in [0.25, 0.3) is 0 Å². The highest BCUT2D eigenvalue weighted by atomic mass is 16.1. The van der Waals surface area contributed by atoms with Crippen molar-refractivity contribution < 1.29 is 4.79 Å². The molecule has 0 spiro atoms. The molecule has 1 amide bonds. The number of hydrogen-bond acceptors (Lipinski definition) is 3. The van der Waals surface area contributed by atoms with Gasteiger partial charge in [0.15, 0.2) is 0 Å². The van der Waals surface area contributed by atoms with Crippen molar-refractivity contribution in [2.75, 3.05) is 13.1 Å². The first kappa shape index (κ1) is 12.6. The standard InChI is InChI=1S/C13H18N4O/c1-10(18)15-8-7-14-9-12-11-5-3-4-6-13(11)17(2)16-12/h3-6,14H,7-9H2,1-2H3,(H,15,18). The van der Waals surface area contributed by atoms with Crippen molar-refractivity contribution >= 4 is 16.8 Å². The molecule has 0 unspecified atom stereocenters. The number of para-hydroxylation sites is 1. The molecule has 0 aliphatic heterocycles. The van der Waals surface area contributed by atoms with Gasteiger partial charge < -0.3 is 10.6 Å². The average Bonchev–Trinajstić information content (AvgIpc) is 2.66. The van der Waals surface area contributed by atoms with Gasteiger partial charge in [-0.15, -0.1) is 0 Å². The van der Waals surface area contributed by atoms with E-state index in [0.717, 1.165) is 17.8 Å². The van der Waals surface area contributed by atoms with Crippen LogP contribution in [0.15, 0.2) is 24.3 Å². The minimum absolute atomic E-state index is 0.0000795. The number of amides is 1. The first-order valence-corrected chi connectivity index (χ1v) is 6.04. The number of aryl methyl sites for hydroxylation is 1. The fourth-order valence-electron chi connectivity index (χ4n) is 1.95. The molecule has 5 nitrogen and oxygen atoms in total. The van der Waals surface area contributed by atoms with E-state index in [1.807, 2.05) is 23.9 Å². The molecule has 0 bridgehead atoms. The summed E-state index contributed by atoms with van der Waals surface area (Å²) in [4.78, 5) is 10.7. The lowest BCUT2D eigenvalue weighted by atomic mass is 10.2. The van der Waals surface area contributed by atoms with Crippen molar-refractivity contribution in [1.29, 1.82) is 0 Å². The Hall–Kier alpha value is -1.88. The van der Waals surface area contributed by atoms with Crippen LogP contribution in [0.3, 0.4) is 0 Å². The third-order valence-electron chi connectivity index (χ3n) is 2.80. The summed E-state index contributed by atoms with van der Waals surface area (Å²) in [6.07, 6.45) is 0. The molecule has 2 aromatic rings. The van der Waals surface area contributed by atoms with Crippen molar-refractivity contribution in [3.8, 4) is 0 Å². The van der Waals surface area contributed by atoms with Gasteiger partial charge >= 0.3 is 0 Å². The van der Waals surface area contributed by atoms with Crippen molar-refractivity contribution in [1.82, 2.24) is 20.4 Å². The average molecular weight is 246 g/mol. The molecule has 1 aromatic heterocycles. The zero-order valence-electron chi connectivity index (χ0n) is 10.7. The molecular weight excluding hydrogens is 228 g/mol. The van der Waals surface area contributed by atoms with Crippen molar-refractivity contribution in [3.63, 3.8) is 0 Å². The Bertz CT molecular complexity index is 547. The maximum Gasteiger partial charge on any atom is 0.216 e. The largest absolute Gasteiger partial charge is 0.355 e. The maximum absolute atomic E-state index is 10.7. The fraction of sp³-hybridized carbons (Fsp3) is 0.385. The van der Waals surface area contributed by atoms with Crippen LogP contribution in [0.2, 0.25) is 0 Å².